The summed E-state index contributed by atoms with van der Waals surface area (Å²) in [5, 5.41) is 9.87. The molecule has 2 aliphatic rings. The van der Waals surface area contributed by atoms with Gasteiger partial charge in [0.2, 0.25) is 11.8 Å². The van der Waals surface area contributed by atoms with E-state index < -0.39 is 0 Å². The van der Waals surface area contributed by atoms with Crippen molar-refractivity contribution in [3.63, 3.8) is 0 Å². The van der Waals surface area contributed by atoms with Crippen molar-refractivity contribution in [1.82, 2.24) is 30.3 Å². The highest BCUT2D eigenvalue weighted by Crippen LogP contribution is 2.18. The van der Waals surface area contributed by atoms with Gasteiger partial charge >= 0.3 is 0 Å². The van der Waals surface area contributed by atoms with Gasteiger partial charge < -0.3 is 10.6 Å². The predicted molar refractivity (Wildman–Crippen MR) is 83.4 cm³/mol. The van der Waals surface area contributed by atoms with E-state index in [0.29, 0.717) is 19.1 Å². The van der Waals surface area contributed by atoms with E-state index in [1.807, 2.05) is 0 Å². The minimum absolute atomic E-state index is 0.0589. The lowest BCUT2D eigenvalue weighted by molar-refractivity contribution is -0.129. The Kier molecular flexibility index (Phi) is 5.22. The zero-order valence-electron chi connectivity index (χ0n) is 13.3. The van der Waals surface area contributed by atoms with Crippen LogP contribution in [0, 0.1) is 0 Å². The zero-order chi connectivity index (χ0) is 16.1. The number of hydrogen-bond donors (Lipinski definition) is 2. The molecule has 3 heterocycles. The number of nitrogens with zero attached hydrogens (tertiary/aromatic N) is 4. The first kappa shape index (κ1) is 15.9. The third-order valence-corrected chi connectivity index (χ3v) is 4.58. The maximum Gasteiger partial charge on any atom is 0.242 e. The van der Waals surface area contributed by atoms with Crippen LogP contribution >= 0.6 is 0 Å². The minimum Gasteiger partial charge on any atom is -0.354 e. The minimum atomic E-state index is -0.388. The summed E-state index contributed by atoms with van der Waals surface area (Å²) in [5.74, 6) is -0.131. The summed E-state index contributed by atoms with van der Waals surface area (Å²) in [4.78, 5) is 30.3. The van der Waals surface area contributed by atoms with E-state index in [4.69, 9.17) is 0 Å². The van der Waals surface area contributed by atoms with Crippen molar-refractivity contribution in [2.75, 3.05) is 19.6 Å². The van der Waals surface area contributed by atoms with Gasteiger partial charge in [-0.3, -0.25) is 19.2 Å². The molecule has 3 rings (SSSR count). The lowest BCUT2D eigenvalue weighted by atomic mass is 10.1. The van der Waals surface area contributed by atoms with Crippen molar-refractivity contribution < 1.29 is 9.59 Å². The fourth-order valence-electron chi connectivity index (χ4n) is 3.35. The first-order chi connectivity index (χ1) is 11.2. The molecule has 0 aliphatic carbocycles. The molecule has 0 saturated carbocycles. The van der Waals surface area contributed by atoms with Gasteiger partial charge in [0.15, 0.2) is 0 Å². The molecule has 2 atom stereocenters. The summed E-state index contributed by atoms with van der Waals surface area (Å²) in [6.07, 6.45) is 8.02. The molecule has 1 aromatic rings. The number of nitrogens with one attached hydrogen (secondary N) is 2. The highest BCUT2D eigenvalue weighted by Gasteiger charge is 2.28. The SMILES string of the molecule is O=C(CN1CCC[C@H]1Cn1cncn1)N[C@@H]1CCCCNC1=O. The molecule has 126 valence electrons. The number of hydrogen-bond acceptors (Lipinski definition) is 5. The molecule has 0 aromatic carbocycles. The number of rotatable bonds is 5. The average Bonchev–Trinajstić information content (AvgIpc) is 3.14. The lowest BCUT2D eigenvalue weighted by Gasteiger charge is -2.24. The van der Waals surface area contributed by atoms with Crippen molar-refractivity contribution in [3.05, 3.63) is 12.7 Å². The number of aromatic nitrogens is 3. The Morgan fingerprint density at radius 3 is 3.09 bits per heavy atom. The standard InChI is InChI=1S/C15H24N6O2/c22-14(19-13-5-1-2-6-17-15(13)23)9-20-7-3-4-12(20)8-21-11-16-10-18-21/h10-13H,1-9H2,(H,17,23)(H,19,22)/t12-,13+/m0/s1. The van der Waals surface area contributed by atoms with E-state index in [-0.39, 0.29) is 17.9 Å². The second-order valence-corrected chi connectivity index (χ2v) is 6.29. The van der Waals surface area contributed by atoms with E-state index in [0.717, 1.165) is 45.2 Å². The number of amides is 2. The molecule has 2 saturated heterocycles. The summed E-state index contributed by atoms with van der Waals surface area (Å²) >= 11 is 0. The zero-order valence-corrected chi connectivity index (χ0v) is 13.3. The van der Waals surface area contributed by atoms with E-state index in [9.17, 15) is 9.59 Å². The maximum absolute atomic E-state index is 12.3. The summed E-state index contributed by atoms with van der Waals surface area (Å²) in [7, 11) is 0. The van der Waals surface area contributed by atoms with Crippen molar-refractivity contribution in [2.45, 2.75) is 50.7 Å². The Labute approximate surface area is 135 Å². The highest BCUT2D eigenvalue weighted by atomic mass is 16.2. The fourth-order valence-corrected chi connectivity index (χ4v) is 3.35. The monoisotopic (exact) mass is 320 g/mol. The summed E-state index contributed by atoms with van der Waals surface area (Å²) < 4.78 is 1.81. The van der Waals surface area contributed by atoms with Crippen LogP contribution in [0.1, 0.15) is 32.1 Å². The Balaban J connectivity index is 1.51. The van der Waals surface area contributed by atoms with Crippen LogP contribution in [0.2, 0.25) is 0 Å². The second-order valence-electron chi connectivity index (χ2n) is 6.29. The molecule has 1 aromatic heterocycles. The second kappa shape index (κ2) is 7.54. The topological polar surface area (TPSA) is 92.2 Å². The van der Waals surface area contributed by atoms with Gasteiger partial charge in [-0.25, -0.2) is 4.98 Å². The molecule has 2 N–H and O–H groups in total. The van der Waals surface area contributed by atoms with Crippen LogP contribution in [-0.4, -0.2) is 63.2 Å². The van der Waals surface area contributed by atoms with Crippen LogP contribution in [0.5, 0.6) is 0 Å². The normalized spacial score (nSPS) is 25.8. The molecule has 2 amide bonds. The molecule has 8 nitrogen and oxygen atoms in total. The Morgan fingerprint density at radius 2 is 2.26 bits per heavy atom. The summed E-state index contributed by atoms with van der Waals surface area (Å²) in [6, 6.07) is -0.0909. The number of likely N-dealkylation sites (tertiary alicyclic amines) is 1. The van der Waals surface area contributed by atoms with Gasteiger partial charge in [0, 0.05) is 12.6 Å². The third-order valence-electron chi connectivity index (χ3n) is 4.58. The van der Waals surface area contributed by atoms with Crippen molar-refractivity contribution >= 4 is 11.8 Å². The fraction of sp³-hybridized carbons (Fsp3) is 0.733. The molecule has 0 spiro atoms. The van der Waals surface area contributed by atoms with Crippen LogP contribution in [-0.2, 0) is 16.1 Å². The molecule has 8 heteroatoms. The molecule has 0 bridgehead atoms. The molecular formula is C15H24N6O2. The van der Waals surface area contributed by atoms with Gasteiger partial charge in [0.25, 0.3) is 0 Å². The maximum atomic E-state index is 12.3. The first-order valence-electron chi connectivity index (χ1n) is 8.36. The predicted octanol–water partition coefficient (Wildman–Crippen LogP) is -0.473. The first-order valence-corrected chi connectivity index (χ1v) is 8.36. The van der Waals surface area contributed by atoms with Crippen LogP contribution in [0.15, 0.2) is 12.7 Å². The molecule has 0 unspecified atom stereocenters. The van der Waals surface area contributed by atoms with Crippen molar-refractivity contribution in [3.8, 4) is 0 Å². The lowest BCUT2D eigenvalue weighted by Crippen LogP contribution is -2.49. The van der Waals surface area contributed by atoms with Gasteiger partial charge in [-0.05, 0) is 38.6 Å². The third kappa shape index (κ3) is 4.28. The van der Waals surface area contributed by atoms with E-state index in [2.05, 4.69) is 25.6 Å². The molecule has 23 heavy (non-hydrogen) atoms. The molecule has 0 radical (unpaired) electrons. The highest BCUT2D eigenvalue weighted by molar-refractivity contribution is 5.88. The van der Waals surface area contributed by atoms with Gasteiger partial charge in [0.05, 0.1) is 13.1 Å². The largest absolute Gasteiger partial charge is 0.354 e. The van der Waals surface area contributed by atoms with Crippen LogP contribution in [0.25, 0.3) is 0 Å². The van der Waals surface area contributed by atoms with E-state index in [1.165, 1.54) is 6.33 Å². The van der Waals surface area contributed by atoms with Gasteiger partial charge in [0.1, 0.15) is 18.7 Å². The smallest absolute Gasteiger partial charge is 0.242 e. The molecule has 2 fully saturated rings. The summed E-state index contributed by atoms with van der Waals surface area (Å²) in [6.45, 7) is 2.70. The van der Waals surface area contributed by atoms with Crippen LogP contribution < -0.4 is 10.6 Å². The Bertz CT molecular complexity index is 532. The van der Waals surface area contributed by atoms with Crippen LogP contribution in [0.4, 0.5) is 0 Å². The quantitative estimate of drug-likeness (QED) is 0.765. The Morgan fingerprint density at radius 1 is 1.35 bits per heavy atom. The number of carbonyl (C=O) groups excluding carboxylic acids is 2. The van der Waals surface area contributed by atoms with Gasteiger partial charge in [-0.1, -0.05) is 0 Å². The molecular weight excluding hydrogens is 296 g/mol. The van der Waals surface area contributed by atoms with Crippen molar-refractivity contribution in [2.24, 2.45) is 0 Å². The van der Waals surface area contributed by atoms with E-state index in [1.54, 1.807) is 11.0 Å². The molecule has 2 aliphatic heterocycles. The summed E-state index contributed by atoms with van der Waals surface area (Å²) in [5.41, 5.74) is 0. The van der Waals surface area contributed by atoms with Gasteiger partial charge in [-0.2, -0.15) is 5.10 Å². The Hall–Kier alpha value is -1.96. The van der Waals surface area contributed by atoms with E-state index >= 15 is 0 Å². The van der Waals surface area contributed by atoms with Crippen molar-refractivity contribution in [1.29, 1.82) is 0 Å². The van der Waals surface area contributed by atoms with Crippen LogP contribution in [0.3, 0.4) is 0 Å². The number of carbonyl (C=O) groups is 2. The average molecular weight is 320 g/mol. The van der Waals surface area contributed by atoms with Gasteiger partial charge in [-0.15, -0.1) is 0 Å².